The third-order valence-corrected chi connectivity index (χ3v) is 1.42. The van der Waals surface area contributed by atoms with Crippen LogP contribution in [-0.2, 0) is 4.79 Å². The summed E-state index contributed by atoms with van der Waals surface area (Å²) in [6.07, 6.45) is 0. The van der Waals surface area contributed by atoms with Crippen molar-refractivity contribution in [1.82, 2.24) is 0 Å². The van der Waals surface area contributed by atoms with Crippen molar-refractivity contribution in [3.63, 3.8) is 0 Å². The van der Waals surface area contributed by atoms with Gasteiger partial charge in [0.2, 0.25) is 0 Å². The van der Waals surface area contributed by atoms with Gasteiger partial charge in [-0.25, -0.2) is 4.79 Å². The molecule has 0 saturated carbocycles. The van der Waals surface area contributed by atoms with Gasteiger partial charge in [-0.2, -0.15) is 0 Å². The number of carboxylic acid groups (broad SMARTS) is 2. The summed E-state index contributed by atoms with van der Waals surface area (Å²) in [5, 5.41) is 31.4. The number of aliphatic hydroxyl groups excluding tert-OH is 2. The maximum atomic E-state index is 10.2. The number of carboxylic acids is 1. The van der Waals surface area contributed by atoms with Crippen LogP contribution in [0.25, 0.3) is 0 Å². The van der Waals surface area contributed by atoms with Crippen LogP contribution in [0, 0.1) is 23.7 Å². The highest BCUT2D eigenvalue weighted by Crippen LogP contribution is 1.96. The Balaban J connectivity index is 0. The third-order valence-electron chi connectivity index (χ3n) is 1.42. The third kappa shape index (κ3) is 15.2. The van der Waals surface area contributed by atoms with Gasteiger partial charge in [-0.3, -0.25) is 4.79 Å². The fraction of sp³-hybridized carbons (Fsp3) is 0.143. The van der Waals surface area contributed by atoms with Crippen molar-refractivity contribution >= 4 is 12.4 Å². The van der Waals surface area contributed by atoms with Crippen molar-refractivity contribution in [3.05, 3.63) is 35.9 Å². The van der Waals surface area contributed by atoms with E-state index in [1.807, 2.05) is 0 Å². The van der Waals surface area contributed by atoms with Crippen LogP contribution in [0.4, 0.5) is 0 Å². The van der Waals surface area contributed by atoms with E-state index in [2.05, 4.69) is 23.7 Å². The Morgan fingerprint density at radius 3 is 1.70 bits per heavy atom. The van der Waals surface area contributed by atoms with Gasteiger partial charge in [-0.15, -0.1) is 0 Å². The van der Waals surface area contributed by atoms with Crippen LogP contribution in [0.3, 0.4) is 0 Å². The lowest BCUT2D eigenvalue weighted by molar-refractivity contribution is -0.122. The van der Waals surface area contributed by atoms with E-state index in [-0.39, 0.29) is 19.7 Å². The number of hydrogen-bond acceptors (Lipinski definition) is 4. The maximum Gasteiger partial charge on any atom is 0.335 e. The van der Waals surface area contributed by atoms with E-state index in [1.165, 1.54) is 0 Å². The molecule has 0 amide bonds. The van der Waals surface area contributed by atoms with Crippen LogP contribution < -0.4 is 0 Å². The summed E-state index contributed by atoms with van der Waals surface area (Å²) in [6.45, 7) is -0.611. The van der Waals surface area contributed by atoms with E-state index in [0.717, 1.165) is 0 Å². The molecule has 106 valence electrons. The second-order valence-electron chi connectivity index (χ2n) is 2.70. The van der Waals surface area contributed by atoms with Gasteiger partial charge >= 0.3 is 5.97 Å². The first-order chi connectivity index (χ1) is 9.63. The van der Waals surface area contributed by atoms with Gasteiger partial charge in [0.25, 0.3) is 6.47 Å². The summed E-state index contributed by atoms with van der Waals surface area (Å²) in [5.41, 5.74) is 0.331. The van der Waals surface area contributed by atoms with Gasteiger partial charge in [0, 0.05) is 0 Å². The van der Waals surface area contributed by atoms with E-state index < -0.39 is 5.97 Å². The Morgan fingerprint density at radius 1 is 1.05 bits per heavy atom. The molecule has 0 spiro atoms. The average molecular weight is 278 g/mol. The number of rotatable bonds is 1. The average Bonchev–Trinajstić information content (AvgIpc) is 2.46. The molecule has 0 radical (unpaired) electrons. The molecule has 0 aliphatic rings. The summed E-state index contributed by atoms with van der Waals surface area (Å²) < 4.78 is 0. The molecule has 0 unspecified atom stereocenters. The Morgan fingerprint density at radius 2 is 1.45 bits per heavy atom. The Hall–Kier alpha value is -2.80. The van der Waals surface area contributed by atoms with Gasteiger partial charge in [0.05, 0.1) is 5.56 Å². The molecule has 20 heavy (non-hydrogen) atoms. The molecule has 4 N–H and O–H groups in total. The summed E-state index contributed by atoms with van der Waals surface area (Å²) in [5.74, 6) is 8.36. The highest BCUT2D eigenvalue weighted by atomic mass is 16.4. The molecule has 0 aliphatic heterocycles. The number of aromatic carboxylic acids is 1. The van der Waals surface area contributed by atoms with Crippen LogP contribution in [0.15, 0.2) is 30.3 Å². The van der Waals surface area contributed by atoms with Crippen molar-refractivity contribution in [2.45, 2.75) is 0 Å². The van der Waals surface area contributed by atoms with Crippen molar-refractivity contribution in [2.24, 2.45) is 0 Å². The molecule has 6 heteroatoms. The van der Waals surface area contributed by atoms with Gasteiger partial charge in [0.15, 0.2) is 0 Å². The molecule has 0 saturated heterocycles. The van der Waals surface area contributed by atoms with Crippen molar-refractivity contribution in [2.75, 3.05) is 13.2 Å². The first kappa shape index (κ1) is 19.5. The predicted molar refractivity (Wildman–Crippen MR) is 71.8 cm³/mol. The summed E-state index contributed by atoms with van der Waals surface area (Å²) in [4.78, 5) is 18.6. The molecule has 0 bridgehead atoms. The van der Waals surface area contributed by atoms with Crippen molar-refractivity contribution in [3.8, 4) is 23.7 Å². The lowest BCUT2D eigenvalue weighted by atomic mass is 10.2. The Kier molecular flexibility index (Phi) is 15.8. The maximum absolute atomic E-state index is 10.2. The van der Waals surface area contributed by atoms with Crippen LogP contribution in [0.2, 0.25) is 0 Å². The number of aliphatic hydroxyl groups is 2. The second-order valence-corrected chi connectivity index (χ2v) is 2.70. The minimum absolute atomic E-state index is 0.180. The number of carbonyl (C=O) groups is 2. The minimum Gasteiger partial charge on any atom is -0.483 e. The molecular weight excluding hydrogens is 264 g/mol. The van der Waals surface area contributed by atoms with Crippen LogP contribution in [-0.4, -0.2) is 46.1 Å². The standard InChI is InChI=1S/C7H6O2.C6H6O2.CH2O2/c8-7(9)6-4-2-1-3-5-6;7-5-3-1-2-4-6-8;2-1-3/h1-5H,(H,8,9);7-8H,5-6H2;1H,(H,2,3). The zero-order valence-corrected chi connectivity index (χ0v) is 10.5. The highest BCUT2D eigenvalue weighted by Gasteiger charge is 1.96. The molecule has 0 heterocycles. The minimum atomic E-state index is -0.879. The zero-order chi connectivity index (χ0) is 15.6. The van der Waals surface area contributed by atoms with E-state index in [1.54, 1.807) is 30.3 Å². The van der Waals surface area contributed by atoms with Gasteiger partial charge < -0.3 is 20.4 Å². The van der Waals surface area contributed by atoms with Crippen molar-refractivity contribution < 1.29 is 30.0 Å². The van der Waals surface area contributed by atoms with E-state index in [9.17, 15) is 4.79 Å². The normalized spacial score (nSPS) is 6.90. The summed E-state index contributed by atoms with van der Waals surface area (Å²) in [6, 6.07) is 8.30. The molecule has 0 aromatic heterocycles. The lowest BCUT2D eigenvalue weighted by Crippen LogP contribution is -1.93. The van der Waals surface area contributed by atoms with Crippen LogP contribution in [0.5, 0.6) is 0 Å². The second kappa shape index (κ2) is 16.2. The number of hydrogen-bond donors (Lipinski definition) is 4. The lowest BCUT2D eigenvalue weighted by Gasteiger charge is -1.88. The smallest absolute Gasteiger partial charge is 0.335 e. The Labute approximate surface area is 116 Å². The van der Waals surface area contributed by atoms with E-state index >= 15 is 0 Å². The molecule has 1 rings (SSSR count). The highest BCUT2D eigenvalue weighted by molar-refractivity contribution is 5.87. The first-order valence-electron chi connectivity index (χ1n) is 5.17. The molecule has 6 nitrogen and oxygen atoms in total. The quantitative estimate of drug-likeness (QED) is 0.426. The Bertz CT molecular complexity index is 467. The molecule has 0 aliphatic carbocycles. The van der Waals surface area contributed by atoms with Gasteiger partial charge in [0.1, 0.15) is 13.2 Å². The van der Waals surface area contributed by atoms with Crippen LogP contribution in [0.1, 0.15) is 10.4 Å². The monoisotopic (exact) mass is 278 g/mol. The largest absolute Gasteiger partial charge is 0.483 e. The van der Waals surface area contributed by atoms with Gasteiger partial charge in [-0.05, 0) is 24.0 Å². The predicted octanol–water partition coefficient (Wildman–Crippen LogP) is 0.0634. The zero-order valence-electron chi connectivity index (χ0n) is 10.5. The van der Waals surface area contributed by atoms with E-state index in [0.29, 0.717) is 5.56 Å². The first-order valence-corrected chi connectivity index (χ1v) is 5.17. The fourth-order valence-electron chi connectivity index (χ4n) is 0.748. The summed E-state index contributed by atoms with van der Waals surface area (Å²) >= 11 is 0. The van der Waals surface area contributed by atoms with Gasteiger partial charge in [-0.1, -0.05) is 30.0 Å². The molecule has 1 aromatic carbocycles. The van der Waals surface area contributed by atoms with Crippen LogP contribution >= 0.6 is 0 Å². The molecule has 0 atom stereocenters. The fourth-order valence-corrected chi connectivity index (χ4v) is 0.748. The van der Waals surface area contributed by atoms with E-state index in [4.69, 9.17) is 25.2 Å². The molecule has 0 fully saturated rings. The summed E-state index contributed by atoms with van der Waals surface area (Å²) in [7, 11) is 0. The molecular formula is C14H14O6. The SMILES string of the molecule is O=C(O)c1ccccc1.O=CO.OCC#CC#CCO. The topological polar surface area (TPSA) is 115 Å². The number of benzene rings is 1. The molecule has 1 aromatic rings. The van der Waals surface area contributed by atoms with Crippen molar-refractivity contribution in [1.29, 1.82) is 0 Å².